The van der Waals surface area contributed by atoms with E-state index in [-0.39, 0.29) is 6.61 Å². The molecule has 0 aliphatic heterocycles. The van der Waals surface area contributed by atoms with Gasteiger partial charge in [0.2, 0.25) is 0 Å². The molecule has 0 aliphatic rings. The number of allylic oxidation sites excluding steroid dienone is 1. The zero-order chi connectivity index (χ0) is 10.5. The van der Waals surface area contributed by atoms with Crippen molar-refractivity contribution in [1.82, 2.24) is 0 Å². The standard InChI is InChI=1S/C7H14NO4P/c1-6(2)4-5-11-13(8,10)12-7(3)9/h4H,5H2,1-3H3,(H2,8,10). The van der Waals surface area contributed by atoms with Crippen molar-refractivity contribution in [3.8, 4) is 0 Å². The number of nitrogens with two attached hydrogens (primary N) is 1. The highest BCUT2D eigenvalue weighted by atomic mass is 31.2. The summed E-state index contributed by atoms with van der Waals surface area (Å²) in [4.78, 5) is 10.4. The molecule has 0 aromatic rings. The van der Waals surface area contributed by atoms with Crippen molar-refractivity contribution in [2.24, 2.45) is 5.50 Å². The van der Waals surface area contributed by atoms with Gasteiger partial charge in [-0.05, 0) is 13.8 Å². The largest absolute Gasteiger partial charge is 0.458 e. The second-order valence-electron chi connectivity index (χ2n) is 2.70. The summed E-state index contributed by atoms with van der Waals surface area (Å²) < 4.78 is 20.0. The summed E-state index contributed by atoms with van der Waals surface area (Å²) in [6.07, 6.45) is 1.68. The minimum absolute atomic E-state index is 0.0728. The lowest BCUT2D eigenvalue weighted by atomic mass is 10.3. The first-order valence-electron chi connectivity index (χ1n) is 3.70. The number of rotatable bonds is 4. The number of carbonyl (C=O) groups is 1. The molecule has 76 valence electrons. The van der Waals surface area contributed by atoms with Crippen LogP contribution in [0.3, 0.4) is 0 Å². The second-order valence-corrected chi connectivity index (χ2v) is 4.22. The Morgan fingerprint density at radius 1 is 1.46 bits per heavy atom. The Morgan fingerprint density at radius 3 is 2.38 bits per heavy atom. The topological polar surface area (TPSA) is 78.6 Å². The summed E-state index contributed by atoms with van der Waals surface area (Å²) >= 11 is 0. The maximum Gasteiger partial charge on any atom is 0.458 e. The lowest BCUT2D eigenvalue weighted by molar-refractivity contribution is -0.132. The first-order valence-corrected chi connectivity index (χ1v) is 5.31. The van der Waals surface area contributed by atoms with E-state index < -0.39 is 13.7 Å². The Bertz CT molecular complexity index is 257. The van der Waals surface area contributed by atoms with Gasteiger partial charge >= 0.3 is 13.7 Å². The zero-order valence-electron chi connectivity index (χ0n) is 7.94. The monoisotopic (exact) mass is 207 g/mol. The first kappa shape index (κ1) is 12.4. The van der Waals surface area contributed by atoms with E-state index in [1.165, 1.54) is 0 Å². The van der Waals surface area contributed by atoms with Gasteiger partial charge in [-0.15, -0.1) is 0 Å². The van der Waals surface area contributed by atoms with Crippen LogP contribution in [0.1, 0.15) is 20.8 Å². The van der Waals surface area contributed by atoms with E-state index in [0.717, 1.165) is 12.5 Å². The molecular weight excluding hydrogens is 193 g/mol. The molecule has 0 saturated heterocycles. The van der Waals surface area contributed by atoms with Crippen molar-refractivity contribution in [2.75, 3.05) is 6.61 Å². The molecule has 1 unspecified atom stereocenters. The van der Waals surface area contributed by atoms with Crippen LogP contribution in [0.4, 0.5) is 0 Å². The first-order chi connectivity index (χ1) is 5.83. The predicted octanol–water partition coefficient (Wildman–Crippen LogP) is 1.60. The van der Waals surface area contributed by atoms with Crippen molar-refractivity contribution in [3.63, 3.8) is 0 Å². The van der Waals surface area contributed by atoms with E-state index in [1.54, 1.807) is 6.08 Å². The van der Waals surface area contributed by atoms with Gasteiger partial charge in [0.05, 0.1) is 6.61 Å². The van der Waals surface area contributed by atoms with Crippen LogP contribution in [0, 0.1) is 0 Å². The lowest BCUT2D eigenvalue weighted by Gasteiger charge is -2.10. The highest BCUT2D eigenvalue weighted by Crippen LogP contribution is 2.38. The fourth-order valence-electron chi connectivity index (χ4n) is 0.513. The molecule has 0 amide bonds. The molecule has 13 heavy (non-hydrogen) atoms. The summed E-state index contributed by atoms with van der Waals surface area (Å²) in [5.74, 6) is -0.719. The van der Waals surface area contributed by atoms with Gasteiger partial charge in [-0.2, -0.15) is 0 Å². The Kier molecular flexibility index (Phi) is 4.91. The van der Waals surface area contributed by atoms with E-state index in [2.05, 4.69) is 9.05 Å². The molecule has 1 atom stereocenters. The smallest absolute Gasteiger partial charge is 0.380 e. The average Bonchev–Trinajstić information content (AvgIpc) is 1.81. The van der Waals surface area contributed by atoms with Gasteiger partial charge in [-0.25, -0.2) is 10.1 Å². The molecule has 5 nitrogen and oxygen atoms in total. The summed E-state index contributed by atoms with van der Waals surface area (Å²) in [7, 11) is -3.70. The van der Waals surface area contributed by atoms with Crippen LogP contribution in [0.15, 0.2) is 11.6 Å². The molecule has 0 fully saturated rings. The van der Waals surface area contributed by atoms with Gasteiger partial charge in [-0.3, -0.25) is 9.32 Å². The normalized spacial score (nSPS) is 14.5. The quantitative estimate of drug-likeness (QED) is 0.559. The minimum atomic E-state index is -3.70. The summed E-state index contributed by atoms with van der Waals surface area (Å²) in [6, 6.07) is 0. The van der Waals surface area contributed by atoms with Gasteiger partial charge in [0.1, 0.15) is 0 Å². The third kappa shape index (κ3) is 7.71. The zero-order valence-corrected chi connectivity index (χ0v) is 8.84. The summed E-state index contributed by atoms with van der Waals surface area (Å²) in [5, 5.41) is 0. The molecule has 0 rings (SSSR count). The minimum Gasteiger partial charge on any atom is -0.380 e. The maximum absolute atomic E-state index is 11.1. The number of hydrogen-bond donors (Lipinski definition) is 1. The van der Waals surface area contributed by atoms with Crippen LogP contribution in [-0.2, 0) is 18.4 Å². The molecule has 0 saturated carbocycles. The van der Waals surface area contributed by atoms with Crippen LogP contribution in [0.5, 0.6) is 0 Å². The third-order valence-corrected chi connectivity index (χ3v) is 2.02. The SMILES string of the molecule is CC(=O)OP(N)(=O)OCC=C(C)C. The Labute approximate surface area is 77.5 Å². The molecule has 0 bridgehead atoms. The molecule has 0 spiro atoms. The fraction of sp³-hybridized carbons (Fsp3) is 0.571. The highest BCUT2D eigenvalue weighted by molar-refractivity contribution is 7.51. The van der Waals surface area contributed by atoms with Gasteiger partial charge in [0.15, 0.2) is 0 Å². The van der Waals surface area contributed by atoms with Gasteiger partial charge in [-0.1, -0.05) is 11.6 Å². The molecular formula is C7H14NO4P. The summed E-state index contributed by atoms with van der Waals surface area (Å²) in [6.45, 7) is 4.90. The summed E-state index contributed by atoms with van der Waals surface area (Å²) in [5.41, 5.74) is 6.07. The van der Waals surface area contributed by atoms with Crippen molar-refractivity contribution < 1.29 is 18.4 Å². The lowest BCUT2D eigenvalue weighted by Crippen LogP contribution is -2.07. The molecule has 0 aromatic carbocycles. The molecule has 0 aromatic heterocycles. The molecule has 0 heterocycles. The van der Waals surface area contributed by atoms with Crippen molar-refractivity contribution >= 4 is 13.7 Å². The molecule has 0 radical (unpaired) electrons. The van der Waals surface area contributed by atoms with E-state index in [1.807, 2.05) is 13.8 Å². The van der Waals surface area contributed by atoms with Crippen molar-refractivity contribution in [1.29, 1.82) is 0 Å². The van der Waals surface area contributed by atoms with E-state index in [4.69, 9.17) is 5.50 Å². The highest BCUT2D eigenvalue weighted by Gasteiger charge is 2.20. The van der Waals surface area contributed by atoms with Crippen LogP contribution in [0.2, 0.25) is 0 Å². The average molecular weight is 207 g/mol. The van der Waals surface area contributed by atoms with Crippen molar-refractivity contribution in [3.05, 3.63) is 11.6 Å². The van der Waals surface area contributed by atoms with Gasteiger partial charge < -0.3 is 4.52 Å². The molecule has 6 heteroatoms. The number of hydrogen-bond acceptors (Lipinski definition) is 4. The van der Waals surface area contributed by atoms with Crippen LogP contribution >= 0.6 is 7.75 Å². The molecule has 2 N–H and O–H groups in total. The molecule has 0 aliphatic carbocycles. The third-order valence-electron chi connectivity index (χ3n) is 1.00. The maximum atomic E-state index is 11.1. The van der Waals surface area contributed by atoms with Crippen molar-refractivity contribution in [2.45, 2.75) is 20.8 Å². The van der Waals surface area contributed by atoms with Gasteiger partial charge in [0.25, 0.3) is 0 Å². The van der Waals surface area contributed by atoms with Crippen LogP contribution in [0.25, 0.3) is 0 Å². The van der Waals surface area contributed by atoms with Crippen LogP contribution < -0.4 is 5.50 Å². The van der Waals surface area contributed by atoms with Gasteiger partial charge in [0, 0.05) is 6.92 Å². The Morgan fingerprint density at radius 2 is 2.00 bits per heavy atom. The number of carbonyl (C=O) groups excluding carboxylic acids is 1. The van der Waals surface area contributed by atoms with E-state index >= 15 is 0 Å². The predicted molar refractivity (Wildman–Crippen MR) is 48.9 cm³/mol. The fourth-order valence-corrected chi connectivity index (χ4v) is 1.21. The second kappa shape index (κ2) is 5.17. The Balaban J connectivity index is 3.97. The van der Waals surface area contributed by atoms with E-state index in [9.17, 15) is 9.36 Å². The van der Waals surface area contributed by atoms with Crippen LogP contribution in [-0.4, -0.2) is 12.6 Å². The van der Waals surface area contributed by atoms with E-state index in [0.29, 0.717) is 0 Å². The Hall–Kier alpha value is -0.640.